The second-order valence-corrected chi connectivity index (χ2v) is 14.2. The number of fused-ring (bicyclic) bond motifs is 6. The van der Waals surface area contributed by atoms with Gasteiger partial charge in [0.2, 0.25) is 0 Å². The molecule has 262 valence electrons. The van der Waals surface area contributed by atoms with Crippen LogP contribution in [0.5, 0.6) is 0 Å². The summed E-state index contributed by atoms with van der Waals surface area (Å²) < 4.78 is 4.68. The van der Waals surface area contributed by atoms with Crippen molar-refractivity contribution in [3.63, 3.8) is 0 Å². The van der Waals surface area contributed by atoms with Crippen molar-refractivity contribution in [2.45, 2.75) is 0 Å². The number of hydrogen-bond donors (Lipinski definition) is 0. The first-order chi connectivity index (χ1) is 27.8. The smallest absolute Gasteiger partial charge is 0.160 e. The number of aromatic nitrogens is 4. The predicted molar refractivity (Wildman–Crippen MR) is 232 cm³/mol. The van der Waals surface area contributed by atoms with Gasteiger partial charge in [0.1, 0.15) is 5.52 Å². The third-order valence-corrected chi connectivity index (χ3v) is 10.9. The van der Waals surface area contributed by atoms with Crippen molar-refractivity contribution in [3.05, 3.63) is 206 Å². The second-order valence-electron chi connectivity index (χ2n) is 14.2. The minimum Gasteiger partial charge on any atom is -0.309 e. The Kier molecular flexibility index (Phi) is 7.46. The first-order valence-electron chi connectivity index (χ1n) is 19.0. The lowest BCUT2D eigenvalue weighted by molar-refractivity contribution is 1.15. The molecule has 0 saturated heterocycles. The van der Waals surface area contributed by atoms with E-state index in [2.05, 4.69) is 215 Å². The van der Waals surface area contributed by atoms with Crippen LogP contribution in [0.1, 0.15) is 0 Å². The molecule has 0 aliphatic heterocycles. The van der Waals surface area contributed by atoms with Gasteiger partial charge in [0, 0.05) is 38.7 Å². The van der Waals surface area contributed by atoms with Crippen LogP contribution in [0.25, 0.3) is 100 Å². The van der Waals surface area contributed by atoms with Crippen LogP contribution in [0.3, 0.4) is 0 Å². The molecule has 0 fully saturated rings. The van der Waals surface area contributed by atoms with Gasteiger partial charge in [-0.1, -0.05) is 152 Å². The van der Waals surface area contributed by atoms with Crippen molar-refractivity contribution in [1.82, 2.24) is 19.1 Å². The highest BCUT2D eigenvalue weighted by Crippen LogP contribution is 2.41. The molecule has 0 N–H and O–H groups in total. The Morgan fingerprint density at radius 3 is 1.55 bits per heavy atom. The molecular formula is C52H34N4. The molecule has 0 saturated carbocycles. The van der Waals surface area contributed by atoms with Crippen LogP contribution < -0.4 is 0 Å². The zero-order valence-corrected chi connectivity index (χ0v) is 30.4. The molecular weight excluding hydrogens is 681 g/mol. The van der Waals surface area contributed by atoms with E-state index < -0.39 is 0 Å². The molecule has 56 heavy (non-hydrogen) atoms. The van der Waals surface area contributed by atoms with E-state index in [1.807, 2.05) is 0 Å². The van der Waals surface area contributed by atoms with Crippen molar-refractivity contribution in [1.29, 1.82) is 0 Å². The van der Waals surface area contributed by atoms with Gasteiger partial charge in [0.05, 0.1) is 27.8 Å². The average Bonchev–Trinajstić information content (AvgIpc) is 3.80. The lowest BCUT2D eigenvalue weighted by Crippen LogP contribution is -1.99. The fourth-order valence-corrected chi connectivity index (χ4v) is 8.43. The number of hydrogen-bond acceptors (Lipinski definition) is 2. The van der Waals surface area contributed by atoms with E-state index in [9.17, 15) is 0 Å². The summed E-state index contributed by atoms with van der Waals surface area (Å²) in [5.41, 5.74) is 15.2. The van der Waals surface area contributed by atoms with Gasteiger partial charge in [-0.05, 0) is 76.9 Å². The molecule has 0 aliphatic rings. The third kappa shape index (κ3) is 5.15. The average molecular weight is 715 g/mol. The summed E-state index contributed by atoms with van der Waals surface area (Å²) in [7, 11) is 0. The molecule has 4 nitrogen and oxygen atoms in total. The zero-order chi connectivity index (χ0) is 37.0. The summed E-state index contributed by atoms with van der Waals surface area (Å²) in [6.45, 7) is 0. The van der Waals surface area contributed by atoms with Crippen molar-refractivity contribution >= 4 is 43.7 Å². The van der Waals surface area contributed by atoms with Gasteiger partial charge in [-0.25, -0.2) is 9.97 Å². The van der Waals surface area contributed by atoms with Gasteiger partial charge in [-0.2, -0.15) is 0 Å². The maximum Gasteiger partial charge on any atom is 0.160 e. The quantitative estimate of drug-likeness (QED) is 0.172. The number of benzene rings is 8. The van der Waals surface area contributed by atoms with Crippen molar-refractivity contribution < 1.29 is 0 Å². The molecule has 11 aromatic rings. The van der Waals surface area contributed by atoms with Gasteiger partial charge in [0.25, 0.3) is 0 Å². The Hall–Kier alpha value is -7.56. The first kappa shape index (κ1) is 31.9. The molecule has 4 heteroatoms. The van der Waals surface area contributed by atoms with Crippen LogP contribution in [0.15, 0.2) is 206 Å². The Bertz CT molecular complexity index is 3230. The van der Waals surface area contributed by atoms with Gasteiger partial charge in [-0.15, -0.1) is 0 Å². The number of nitrogens with zero attached hydrogens (tertiary/aromatic N) is 4. The van der Waals surface area contributed by atoms with Crippen molar-refractivity contribution in [2.75, 3.05) is 0 Å². The summed E-state index contributed by atoms with van der Waals surface area (Å²) in [5.74, 6) is 0.698. The van der Waals surface area contributed by atoms with Gasteiger partial charge < -0.3 is 9.13 Å². The molecule has 0 radical (unpaired) electrons. The van der Waals surface area contributed by atoms with E-state index in [1.54, 1.807) is 0 Å². The highest BCUT2D eigenvalue weighted by molar-refractivity contribution is 6.16. The maximum absolute atomic E-state index is 5.38. The van der Waals surface area contributed by atoms with E-state index >= 15 is 0 Å². The summed E-state index contributed by atoms with van der Waals surface area (Å²) in [6.07, 6.45) is 0. The van der Waals surface area contributed by atoms with Crippen LogP contribution in [0.2, 0.25) is 0 Å². The maximum atomic E-state index is 5.38. The van der Waals surface area contributed by atoms with E-state index in [1.165, 1.54) is 32.9 Å². The van der Waals surface area contributed by atoms with Gasteiger partial charge >= 0.3 is 0 Å². The first-order valence-corrected chi connectivity index (χ1v) is 19.0. The van der Waals surface area contributed by atoms with Crippen LogP contribution in [0, 0.1) is 0 Å². The largest absolute Gasteiger partial charge is 0.309 e. The molecule has 11 rings (SSSR count). The molecule has 3 heterocycles. The second kappa shape index (κ2) is 13.1. The normalized spacial score (nSPS) is 11.6. The molecule has 0 atom stereocenters. The molecule has 0 amide bonds. The summed E-state index contributed by atoms with van der Waals surface area (Å²) in [6, 6.07) is 73.1. The number of rotatable bonds is 6. The predicted octanol–water partition coefficient (Wildman–Crippen LogP) is 13.3. The standard InChI is InChI=1S/C52H34N4/c1-4-17-35(18-5-1)49-51-50(44-28-11-13-31-46(44)56(51)41-25-8-3-9-26-41)54-52(53-49)39-22-15-20-37(34-39)36-19-14-21-38(33-36)42-29-16-32-47-48(42)43-27-10-12-30-45(43)55(47)40-23-6-2-7-24-40/h1-34H. The molecule has 0 bridgehead atoms. The topological polar surface area (TPSA) is 35.6 Å². The van der Waals surface area contributed by atoms with Crippen molar-refractivity contribution in [3.8, 4) is 56.3 Å². The molecule has 0 unspecified atom stereocenters. The Labute approximate surface area is 324 Å². The van der Waals surface area contributed by atoms with Crippen LogP contribution in [-0.4, -0.2) is 19.1 Å². The minimum atomic E-state index is 0.698. The van der Waals surface area contributed by atoms with E-state index in [0.717, 1.165) is 61.3 Å². The lowest BCUT2D eigenvalue weighted by Gasteiger charge is -2.13. The number of para-hydroxylation sites is 4. The highest BCUT2D eigenvalue weighted by Gasteiger charge is 2.21. The fourth-order valence-electron chi connectivity index (χ4n) is 8.43. The van der Waals surface area contributed by atoms with Gasteiger partial charge in [-0.3, -0.25) is 0 Å². The van der Waals surface area contributed by atoms with E-state index in [-0.39, 0.29) is 0 Å². The minimum absolute atomic E-state index is 0.698. The Morgan fingerprint density at radius 1 is 0.339 bits per heavy atom. The Morgan fingerprint density at radius 2 is 0.839 bits per heavy atom. The van der Waals surface area contributed by atoms with Crippen LogP contribution >= 0.6 is 0 Å². The van der Waals surface area contributed by atoms with Crippen LogP contribution in [0.4, 0.5) is 0 Å². The van der Waals surface area contributed by atoms with Gasteiger partial charge in [0.15, 0.2) is 5.82 Å². The lowest BCUT2D eigenvalue weighted by atomic mass is 9.95. The summed E-state index contributed by atoms with van der Waals surface area (Å²) >= 11 is 0. The third-order valence-electron chi connectivity index (χ3n) is 10.9. The van der Waals surface area contributed by atoms with Crippen LogP contribution in [-0.2, 0) is 0 Å². The molecule has 0 aliphatic carbocycles. The Balaban J connectivity index is 1.07. The molecule has 8 aromatic carbocycles. The highest BCUT2D eigenvalue weighted by atomic mass is 15.0. The molecule has 0 spiro atoms. The van der Waals surface area contributed by atoms with E-state index in [4.69, 9.17) is 9.97 Å². The zero-order valence-electron chi connectivity index (χ0n) is 30.4. The fraction of sp³-hybridized carbons (Fsp3) is 0. The molecule has 3 aromatic heterocycles. The summed E-state index contributed by atoms with van der Waals surface area (Å²) in [5, 5.41) is 3.59. The monoisotopic (exact) mass is 714 g/mol. The SMILES string of the molecule is c1ccc(-c2nc(-c3cccc(-c4cccc(-c5cccc6c5c5ccccc5n6-c5ccccc5)c4)c3)nc3c4ccccc4n(-c4ccccc4)c23)cc1. The summed E-state index contributed by atoms with van der Waals surface area (Å²) in [4.78, 5) is 10.7. The van der Waals surface area contributed by atoms with E-state index in [0.29, 0.717) is 5.82 Å². The van der Waals surface area contributed by atoms with Crippen molar-refractivity contribution in [2.24, 2.45) is 0 Å².